The number of aromatic nitrogens is 1. The van der Waals surface area contributed by atoms with E-state index < -0.39 is 22.8 Å². The van der Waals surface area contributed by atoms with Gasteiger partial charge in [0.1, 0.15) is 5.54 Å². The molecule has 7 nitrogen and oxygen atoms in total. The number of aliphatic carboxylic acids is 1. The minimum atomic E-state index is -1.11. The van der Waals surface area contributed by atoms with Gasteiger partial charge in [-0.05, 0) is 37.4 Å². The van der Waals surface area contributed by atoms with E-state index in [1.807, 2.05) is 38.7 Å². The Morgan fingerprint density at radius 2 is 2.11 bits per heavy atom. The van der Waals surface area contributed by atoms with Gasteiger partial charge >= 0.3 is 5.97 Å². The monoisotopic (exact) mass is 391 g/mol. The van der Waals surface area contributed by atoms with Crippen LogP contribution in [-0.4, -0.2) is 57.7 Å². The summed E-state index contributed by atoms with van der Waals surface area (Å²) in [5, 5.41) is 22.5. The molecule has 0 saturated carbocycles. The highest BCUT2D eigenvalue weighted by atomic mass is 16.4. The molecule has 1 aromatic rings. The van der Waals surface area contributed by atoms with Gasteiger partial charge in [0, 0.05) is 37.0 Å². The molecular formula is C21H33N3O4. The molecule has 3 N–H and O–H groups in total. The standard InChI is InChI=1S/C21H33N3O4/c1-14(2)9-21(19(27)28)10-16(18(26)23-12-20(3,4)13-25)17(24(21)5)15-7-6-8-22-11-15/h6-8,11,14,16-17,25H,9-10,12-13H2,1-5H3,(H,23,26)(H,27,28)/t16-,17-,21-/m0/s1. The van der Waals surface area contributed by atoms with Gasteiger partial charge in [-0.2, -0.15) is 0 Å². The number of hydrogen-bond donors (Lipinski definition) is 3. The SMILES string of the molecule is CC(C)C[C@@]1(C(=O)O)C[C@H](C(=O)NCC(C)(C)CO)[C@H](c2cccnc2)N1C. The molecule has 0 aliphatic carbocycles. The number of nitrogens with zero attached hydrogens (tertiary/aromatic N) is 2. The zero-order chi connectivity index (χ0) is 21.1. The average Bonchev–Trinajstić information content (AvgIpc) is 2.94. The number of amides is 1. The lowest BCUT2D eigenvalue weighted by molar-refractivity contribution is -0.151. The molecule has 0 bridgehead atoms. The Morgan fingerprint density at radius 3 is 2.61 bits per heavy atom. The third-order valence-corrected chi connectivity index (χ3v) is 5.71. The summed E-state index contributed by atoms with van der Waals surface area (Å²) in [5.74, 6) is -1.43. The Balaban J connectivity index is 2.40. The van der Waals surface area contributed by atoms with Crippen molar-refractivity contribution in [1.82, 2.24) is 15.2 Å². The van der Waals surface area contributed by atoms with Crippen molar-refractivity contribution in [1.29, 1.82) is 0 Å². The van der Waals surface area contributed by atoms with Crippen molar-refractivity contribution in [3.05, 3.63) is 30.1 Å². The number of pyridine rings is 1. The number of carboxylic acids is 1. The van der Waals surface area contributed by atoms with Crippen LogP contribution in [0.5, 0.6) is 0 Å². The van der Waals surface area contributed by atoms with E-state index in [1.165, 1.54) is 0 Å². The fraction of sp³-hybridized carbons (Fsp3) is 0.667. The van der Waals surface area contributed by atoms with Crippen LogP contribution in [0.3, 0.4) is 0 Å². The largest absolute Gasteiger partial charge is 0.480 e. The van der Waals surface area contributed by atoms with Crippen LogP contribution in [-0.2, 0) is 9.59 Å². The van der Waals surface area contributed by atoms with Crippen LogP contribution >= 0.6 is 0 Å². The summed E-state index contributed by atoms with van der Waals surface area (Å²) in [6, 6.07) is 3.32. The number of rotatable bonds is 8. The van der Waals surface area contributed by atoms with Crippen LogP contribution in [0.25, 0.3) is 0 Å². The van der Waals surface area contributed by atoms with Crippen LogP contribution < -0.4 is 5.32 Å². The summed E-state index contributed by atoms with van der Waals surface area (Å²) in [5.41, 5.74) is -0.715. The second-order valence-corrected chi connectivity index (χ2v) is 9.13. The van der Waals surface area contributed by atoms with Gasteiger partial charge in [0.15, 0.2) is 0 Å². The minimum absolute atomic E-state index is 0.0453. The molecule has 2 heterocycles. The molecule has 1 fully saturated rings. The minimum Gasteiger partial charge on any atom is -0.480 e. The Morgan fingerprint density at radius 1 is 1.43 bits per heavy atom. The highest BCUT2D eigenvalue weighted by Crippen LogP contribution is 2.48. The van der Waals surface area contributed by atoms with E-state index in [9.17, 15) is 19.8 Å². The zero-order valence-corrected chi connectivity index (χ0v) is 17.5. The lowest BCUT2D eigenvalue weighted by Crippen LogP contribution is -2.50. The molecule has 2 rings (SSSR count). The van der Waals surface area contributed by atoms with Gasteiger partial charge in [0.05, 0.1) is 5.92 Å². The Bertz CT molecular complexity index is 692. The third kappa shape index (κ3) is 4.52. The first-order valence-electron chi connectivity index (χ1n) is 9.79. The molecule has 7 heteroatoms. The van der Waals surface area contributed by atoms with Crippen molar-refractivity contribution in [2.45, 2.75) is 52.1 Å². The first-order chi connectivity index (χ1) is 13.0. The molecule has 28 heavy (non-hydrogen) atoms. The van der Waals surface area contributed by atoms with Gasteiger partial charge in [-0.1, -0.05) is 33.8 Å². The third-order valence-electron chi connectivity index (χ3n) is 5.71. The van der Waals surface area contributed by atoms with Crippen molar-refractivity contribution in [3.8, 4) is 0 Å². The second-order valence-electron chi connectivity index (χ2n) is 9.13. The Hall–Kier alpha value is -1.99. The average molecular weight is 392 g/mol. The number of likely N-dealkylation sites (tertiary alicyclic amines) is 1. The molecule has 156 valence electrons. The maximum atomic E-state index is 13.1. The summed E-state index contributed by atoms with van der Waals surface area (Å²) < 4.78 is 0. The number of aliphatic hydroxyl groups is 1. The molecule has 3 atom stereocenters. The highest BCUT2D eigenvalue weighted by molar-refractivity contribution is 5.85. The predicted molar refractivity (Wildman–Crippen MR) is 107 cm³/mol. The fourth-order valence-corrected chi connectivity index (χ4v) is 4.14. The lowest BCUT2D eigenvalue weighted by Gasteiger charge is -2.36. The maximum Gasteiger partial charge on any atom is 0.324 e. The van der Waals surface area contributed by atoms with Crippen molar-refractivity contribution >= 4 is 11.9 Å². The molecule has 1 aliphatic rings. The van der Waals surface area contributed by atoms with E-state index in [4.69, 9.17) is 0 Å². The van der Waals surface area contributed by atoms with E-state index in [0.29, 0.717) is 13.0 Å². The van der Waals surface area contributed by atoms with Crippen molar-refractivity contribution in [3.63, 3.8) is 0 Å². The molecule has 1 amide bonds. The molecular weight excluding hydrogens is 358 g/mol. The van der Waals surface area contributed by atoms with Gasteiger partial charge in [-0.15, -0.1) is 0 Å². The van der Waals surface area contributed by atoms with Gasteiger partial charge < -0.3 is 15.5 Å². The van der Waals surface area contributed by atoms with E-state index in [-0.39, 0.29) is 30.9 Å². The molecule has 1 saturated heterocycles. The van der Waals surface area contributed by atoms with Crippen LogP contribution in [0.15, 0.2) is 24.5 Å². The van der Waals surface area contributed by atoms with Gasteiger partial charge in [0.2, 0.25) is 5.91 Å². The van der Waals surface area contributed by atoms with Gasteiger partial charge in [-0.3, -0.25) is 19.5 Å². The van der Waals surface area contributed by atoms with Gasteiger partial charge in [-0.25, -0.2) is 0 Å². The molecule has 0 spiro atoms. The first-order valence-corrected chi connectivity index (χ1v) is 9.79. The normalized spacial score (nSPS) is 25.8. The van der Waals surface area contributed by atoms with Crippen molar-refractivity contribution < 1.29 is 19.8 Å². The lowest BCUT2D eigenvalue weighted by atomic mass is 9.83. The van der Waals surface area contributed by atoms with Crippen LogP contribution in [0.4, 0.5) is 0 Å². The zero-order valence-electron chi connectivity index (χ0n) is 17.5. The summed E-state index contributed by atoms with van der Waals surface area (Å²) in [6.45, 7) is 8.01. The predicted octanol–water partition coefficient (Wildman–Crippen LogP) is 2.08. The quantitative estimate of drug-likeness (QED) is 0.627. The van der Waals surface area contributed by atoms with E-state index in [2.05, 4.69) is 10.3 Å². The number of carbonyl (C=O) groups excluding carboxylic acids is 1. The number of carboxylic acid groups (broad SMARTS) is 1. The molecule has 0 unspecified atom stereocenters. The molecule has 1 aromatic heterocycles. The van der Waals surface area contributed by atoms with E-state index in [1.54, 1.807) is 25.5 Å². The Kier molecular flexibility index (Phi) is 6.83. The second kappa shape index (κ2) is 8.57. The van der Waals surface area contributed by atoms with Crippen molar-refractivity contribution in [2.75, 3.05) is 20.2 Å². The Labute approximate surface area is 167 Å². The number of hydrogen-bond acceptors (Lipinski definition) is 5. The topological polar surface area (TPSA) is 103 Å². The molecule has 1 aliphatic heterocycles. The molecule has 0 aromatic carbocycles. The maximum absolute atomic E-state index is 13.1. The first kappa shape index (κ1) is 22.3. The summed E-state index contributed by atoms with van der Waals surface area (Å²) in [6.07, 6.45) is 4.06. The van der Waals surface area contributed by atoms with Crippen LogP contribution in [0.1, 0.15) is 52.1 Å². The van der Waals surface area contributed by atoms with Crippen LogP contribution in [0.2, 0.25) is 0 Å². The summed E-state index contributed by atoms with van der Waals surface area (Å²) in [7, 11) is 1.79. The number of aliphatic hydroxyl groups excluding tert-OH is 1. The van der Waals surface area contributed by atoms with E-state index >= 15 is 0 Å². The molecule has 0 radical (unpaired) electrons. The van der Waals surface area contributed by atoms with Gasteiger partial charge in [0.25, 0.3) is 0 Å². The number of carbonyl (C=O) groups is 2. The highest BCUT2D eigenvalue weighted by Gasteiger charge is 2.57. The number of nitrogens with one attached hydrogen (secondary N) is 1. The fourth-order valence-electron chi connectivity index (χ4n) is 4.14. The van der Waals surface area contributed by atoms with Crippen LogP contribution in [0, 0.1) is 17.3 Å². The van der Waals surface area contributed by atoms with E-state index in [0.717, 1.165) is 5.56 Å². The summed E-state index contributed by atoms with van der Waals surface area (Å²) in [4.78, 5) is 31.5. The van der Waals surface area contributed by atoms with Crippen molar-refractivity contribution in [2.24, 2.45) is 17.3 Å². The number of likely N-dealkylation sites (N-methyl/N-ethyl adjacent to an activating group) is 1. The smallest absolute Gasteiger partial charge is 0.324 e. The summed E-state index contributed by atoms with van der Waals surface area (Å²) >= 11 is 0.